The van der Waals surface area contributed by atoms with Gasteiger partial charge in [-0.15, -0.1) is 12.4 Å². The number of amides is 1. The third kappa shape index (κ3) is 4.93. The number of likely N-dealkylation sites (tertiary alicyclic amines) is 1. The molecule has 0 saturated carbocycles. The second-order valence-corrected chi connectivity index (χ2v) is 6.88. The third-order valence-electron chi connectivity index (χ3n) is 5.26. The summed E-state index contributed by atoms with van der Waals surface area (Å²) in [6.45, 7) is 7.76. The first kappa shape index (κ1) is 20.1. The molecule has 6 heteroatoms. The summed E-state index contributed by atoms with van der Waals surface area (Å²) in [5.74, 6) is 0.226. The van der Waals surface area contributed by atoms with E-state index in [0.717, 1.165) is 69.7 Å². The lowest BCUT2D eigenvalue weighted by Gasteiger charge is -2.36. The van der Waals surface area contributed by atoms with Gasteiger partial charge in [-0.1, -0.05) is 19.1 Å². The number of carbonyl (C=O) groups excluding carboxylic acids is 1. The second kappa shape index (κ2) is 9.51. The quantitative estimate of drug-likeness (QED) is 0.885. The number of carbonyl (C=O) groups is 1. The molecule has 2 fully saturated rings. The molecule has 1 atom stereocenters. The summed E-state index contributed by atoms with van der Waals surface area (Å²) in [5.41, 5.74) is 1.88. The van der Waals surface area contributed by atoms with Gasteiger partial charge in [-0.05, 0) is 37.4 Å². The van der Waals surface area contributed by atoms with Crippen molar-refractivity contribution < 1.29 is 9.18 Å². The minimum atomic E-state index is -0.120. The van der Waals surface area contributed by atoms with Gasteiger partial charge in [0.1, 0.15) is 5.82 Å². The molecule has 1 aromatic carbocycles. The Morgan fingerprint density at radius 2 is 2.04 bits per heavy atom. The maximum Gasteiger partial charge on any atom is 0.227 e. The van der Waals surface area contributed by atoms with Gasteiger partial charge in [0.15, 0.2) is 0 Å². The number of nitrogens with zero attached hydrogens (tertiary/aromatic N) is 2. The number of piperazine rings is 1. The van der Waals surface area contributed by atoms with Crippen LogP contribution in [0.5, 0.6) is 0 Å². The fraction of sp³-hybridized carbons (Fsp3) is 0.632. The molecule has 0 aromatic heterocycles. The van der Waals surface area contributed by atoms with E-state index in [1.54, 1.807) is 12.1 Å². The minimum Gasteiger partial charge on any atom is -0.340 e. The van der Waals surface area contributed by atoms with E-state index in [1.165, 1.54) is 0 Å². The standard InChI is InChI=1S/C19H28FN3O.ClH/c1-2-15-5-3-7-18(20)17(15)14-22-10-4-6-16(13-22)19(24)23-11-8-21-9-12-23;/h3,5,7,16,21H,2,4,6,8-14H2,1H3;1H. The predicted molar refractivity (Wildman–Crippen MR) is 100 cm³/mol. The fourth-order valence-electron chi connectivity index (χ4n) is 3.88. The molecule has 1 N–H and O–H groups in total. The number of piperidine rings is 1. The molecule has 1 unspecified atom stereocenters. The molecular weight excluding hydrogens is 341 g/mol. The molecule has 2 heterocycles. The molecule has 25 heavy (non-hydrogen) atoms. The van der Waals surface area contributed by atoms with Gasteiger partial charge in [-0.25, -0.2) is 4.39 Å². The Bertz CT molecular complexity index is 578. The van der Waals surface area contributed by atoms with Crippen molar-refractivity contribution in [2.75, 3.05) is 39.3 Å². The third-order valence-corrected chi connectivity index (χ3v) is 5.26. The van der Waals surface area contributed by atoms with Gasteiger partial charge in [0.2, 0.25) is 5.91 Å². The Kier molecular flexibility index (Phi) is 7.66. The largest absolute Gasteiger partial charge is 0.340 e. The predicted octanol–water partition coefficient (Wildman–Crippen LogP) is 2.45. The van der Waals surface area contributed by atoms with Crippen molar-refractivity contribution >= 4 is 18.3 Å². The number of halogens is 2. The zero-order chi connectivity index (χ0) is 16.9. The minimum absolute atomic E-state index is 0. The van der Waals surface area contributed by atoms with Crippen LogP contribution in [0.2, 0.25) is 0 Å². The number of nitrogens with one attached hydrogen (secondary N) is 1. The first-order valence-electron chi connectivity index (χ1n) is 9.17. The SMILES string of the molecule is CCc1cccc(F)c1CN1CCCC(C(=O)N2CCNCC2)C1.Cl. The van der Waals surface area contributed by atoms with Crippen LogP contribution in [-0.2, 0) is 17.8 Å². The van der Waals surface area contributed by atoms with Crippen LogP contribution in [0.15, 0.2) is 18.2 Å². The molecule has 140 valence electrons. The molecule has 3 rings (SSSR count). The summed E-state index contributed by atoms with van der Waals surface area (Å²) in [6.07, 6.45) is 2.81. The van der Waals surface area contributed by atoms with Gasteiger partial charge in [-0.2, -0.15) is 0 Å². The van der Waals surface area contributed by atoms with Gasteiger partial charge >= 0.3 is 0 Å². The second-order valence-electron chi connectivity index (χ2n) is 6.88. The van der Waals surface area contributed by atoms with Crippen LogP contribution in [-0.4, -0.2) is 55.0 Å². The van der Waals surface area contributed by atoms with E-state index in [9.17, 15) is 9.18 Å². The Morgan fingerprint density at radius 3 is 2.76 bits per heavy atom. The molecule has 2 aliphatic rings. The maximum atomic E-state index is 14.2. The number of hydrogen-bond donors (Lipinski definition) is 1. The molecule has 1 aromatic rings. The summed E-state index contributed by atoms with van der Waals surface area (Å²) in [6, 6.07) is 5.33. The lowest BCUT2D eigenvalue weighted by Crippen LogP contribution is -2.51. The normalized spacial score (nSPS) is 21.7. The van der Waals surface area contributed by atoms with Crippen LogP contribution in [0, 0.1) is 11.7 Å². The number of hydrogen-bond acceptors (Lipinski definition) is 3. The van der Waals surface area contributed by atoms with Crippen LogP contribution in [0.3, 0.4) is 0 Å². The van der Waals surface area contributed by atoms with Crippen molar-refractivity contribution in [1.82, 2.24) is 15.1 Å². The molecule has 0 radical (unpaired) electrons. The van der Waals surface area contributed by atoms with Crippen LogP contribution < -0.4 is 5.32 Å². The Hall–Kier alpha value is -1.17. The van der Waals surface area contributed by atoms with Crippen molar-refractivity contribution in [3.8, 4) is 0 Å². The van der Waals surface area contributed by atoms with Gasteiger partial charge in [0.05, 0.1) is 5.92 Å². The zero-order valence-electron chi connectivity index (χ0n) is 15.0. The highest BCUT2D eigenvalue weighted by Crippen LogP contribution is 2.23. The lowest BCUT2D eigenvalue weighted by atomic mass is 9.95. The molecule has 2 aliphatic heterocycles. The number of benzene rings is 1. The van der Waals surface area contributed by atoms with Gasteiger partial charge in [0, 0.05) is 44.8 Å². The molecule has 0 aliphatic carbocycles. The van der Waals surface area contributed by atoms with E-state index < -0.39 is 0 Å². The summed E-state index contributed by atoms with van der Waals surface area (Å²) < 4.78 is 14.2. The van der Waals surface area contributed by atoms with E-state index in [-0.39, 0.29) is 30.0 Å². The van der Waals surface area contributed by atoms with Crippen molar-refractivity contribution in [2.45, 2.75) is 32.7 Å². The van der Waals surface area contributed by atoms with Crippen molar-refractivity contribution in [1.29, 1.82) is 0 Å². The Morgan fingerprint density at radius 1 is 1.28 bits per heavy atom. The van der Waals surface area contributed by atoms with Crippen LogP contribution >= 0.6 is 12.4 Å². The summed E-state index contributed by atoms with van der Waals surface area (Å²) >= 11 is 0. The summed E-state index contributed by atoms with van der Waals surface area (Å²) in [5, 5.41) is 3.29. The first-order valence-corrected chi connectivity index (χ1v) is 9.17. The van der Waals surface area contributed by atoms with Crippen molar-refractivity contribution in [3.63, 3.8) is 0 Å². The average molecular weight is 370 g/mol. The van der Waals surface area contributed by atoms with Crippen LogP contribution in [0.25, 0.3) is 0 Å². The number of aryl methyl sites for hydroxylation is 1. The van der Waals surface area contributed by atoms with Gasteiger partial charge in [-0.3, -0.25) is 9.69 Å². The topological polar surface area (TPSA) is 35.6 Å². The lowest BCUT2D eigenvalue weighted by molar-refractivity contribution is -0.138. The Balaban J connectivity index is 0.00000225. The average Bonchev–Trinajstić information content (AvgIpc) is 2.64. The van der Waals surface area contributed by atoms with E-state index in [1.807, 2.05) is 11.0 Å². The first-order chi connectivity index (χ1) is 11.7. The fourth-order valence-corrected chi connectivity index (χ4v) is 3.88. The highest BCUT2D eigenvalue weighted by atomic mass is 35.5. The van der Waals surface area contributed by atoms with Crippen molar-refractivity contribution in [3.05, 3.63) is 35.1 Å². The van der Waals surface area contributed by atoms with E-state index in [4.69, 9.17) is 0 Å². The van der Waals surface area contributed by atoms with Crippen molar-refractivity contribution in [2.24, 2.45) is 5.92 Å². The summed E-state index contributed by atoms with van der Waals surface area (Å²) in [7, 11) is 0. The van der Waals surface area contributed by atoms with E-state index in [2.05, 4.69) is 17.1 Å². The Labute approximate surface area is 156 Å². The molecule has 0 bridgehead atoms. The van der Waals surface area contributed by atoms with E-state index >= 15 is 0 Å². The molecule has 4 nitrogen and oxygen atoms in total. The number of rotatable bonds is 4. The molecular formula is C19H29ClFN3O. The van der Waals surface area contributed by atoms with Gasteiger partial charge < -0.3 is 10.2 Å². The molecule has 0 spiro atoms. The summed E-state index contributed by atoms with van der Waals surface area (Å²) in [4.78, 5) is 17.0. The van der Waals surface area contributed by atoms with E-state index in [0.29, 0.717) is 6.54 Å². The smallest absolute Gasteiger partial charge is 0.227 e. The highest BCUT2D eigenvalue weighted by Gasteiger charge is 2.30. The molecule has 1 amide bonds. The zero-order valence-corrected chi connectivity index (χ0v) is 15.8. The van der Waals surface area contributed by atoms with Gasteiger partial charge in [0.25, 0.3) is 0 Å². The highest BCUT2D eigenvalue weighted by molar-refractivity contribution is 5.85. The monoisotopic (exact) mass is 369 g/mol. The molecule has 2 saturated heterocycles. The van der Waals surface area contributed by atoms with Crippen LogP contribution in [0.4, 0.5) is 4.39 Å². The van der Waals surface area contributed by atoms with Crippen LogP contribution in [0.1, 0.15) is 30.9 Å². The maximum absolute atomic E-state index is 14.2.